The number of amides is 1. The molecule has 7 heteroatoms. The molecule has 0 aliphatic rings. The van der Waals surface area contributed by atoms with E-state index in [0.29, 0.717) is 10.8 Å². The molecule has 0 saturated heterocycles. The number of nitrogens with zero attached hydrogens (tertiary/aromatic N) is 3. The first-order valence-electron chi connectivity index (χ1n) is 7.03. The zero-order valence-electron chi connectivity index (χ0n) is 13.7. The summed E-state index contributed by atoms with van der Waals surface area (Å²) >= 11 is 1.41. The van der Waals surface area contributed by atoms with Gasteiger partial charge in [-0.15, -0.1) is 11.3 Å². The van der Waals surface area contributed by atoms with Gasteiger partial charge in [-0.2, -0.15) is 0 Å². The predicted octanol–water partition coefficient (Wildman–Crippen LogP) is 2.91. The molecule has 0 fully saturated rings. The molecule has 0 atom stereocenters. The molecule has 2 N–H and O–H groups in total. The van der Waals surface area contributed by atoms with Crippen LogP contribution in [0.15, 0.2) is 6.07 Å². The van der Waals surface area contributed by atoms with E-state index in [4.69, 9.17) is 0 Å². The predicted molar refractivity (Wildman–Crippen MR) is 88.1 cm³/mol. The van der Waals surface area contributed by atoms with Crippen LogP contribution >= 0.6 is 11.3 Å². The van der Waals surface area contributed by atoms with E-state index in [9.17, 15) is 4.79 Å². The third-order valence-corrected chi connectivity index (χ3v) is 4.50. The summed E-state index contributed by atoms with van der Waals surface area (Å²) in [7, 11) is 0. The summed E-state index contributed by atoms with van der Waals surface area (Å²) in [5.74, 6) is 0.150. The summed E-state index contributed by atoms with van der Waals surface area (Å²) in [6, 6.07) is 1.87. The monoisotopic (exact) mass is 319 g/mol. The number of nitrogens with one attached hydrogen (secondary N) is 2. The quantitative estimate of drug-likeness (QED) is 0.850. The van der Waals surface area contributed by atoms with Crippen molar-refractivity contribution in [2.24, 2.45) is 0 Å². The minimum atomic E-state index is -0.228. The fourth-order valence-electron chi connectivity index (χ4n) is 1.88. The number of rotatable bonds is 3. The molecule has 0 aliphatic carbocycles. The lowest BCUT2D eigenvalue weighted by atomic mass is 9.98. The maximum atomic E-state index is 12.3. The lowest BCUT2D eigenvalue weighted by Crippen LogP contribution is -2.30. The molecular formula is C15H21N5OS. The number of aromatic nitrogens is 3. The molecule has 0 bridgehead atoms. The van der Waals surface area contributed by atoms with Crippen molar-refractivity contribution in [2.75, 3.05) is 5.43 Å². The molecule has 0 aromatic carbocycles. The molecule has 0 radical (unpaired) electrons. The third-order valence-electron chi connectivity index (χ3n) is 2.91. The molecule has 6 nitrogen and oxygen atoms in total. The molecule has 118 valence electrons. The lowest BCUT2D eigenvalue weighted by molar-refractivity contribution is 0.0965. The largest absolute Gasteiger partial charge is 0.281 e. The lowest BCUT2D eigenvalue weighted by Gasteiger charge is -2.13. The highest BCUT2D eigenvalue weighted by Gasteiger charge is 2.23. The molecule has 2 rings (SSSR count). The Morgan fingerprint density at radius 2 is 1.68 bits per heavy atom. The average molecular weight is 319 g/mol. The zero-order valence-corrected chi connectivity index (χ0v) is 14.6. The Kier molecular flexibility index (Phi) is 4.46. The Balaban J connectivity index is 2.11. The van der Waals surface area contributed by atoms with Gasteiger partial charge in [0.05, 0.1) is 10.7 Å². The smallest absolute Gasteiger partial charge is 0.266 e. The van der Waals surface area contributed by atoms with E-state index in [2.05, 4.69) is 46.6 Å². The van der Waals surface area contributed by atoms with Crippen LogP contribution in [0.4, 0.5) is 5.95 Å². The summed E-state index contributed by atoms with van der Waals surface area (Å²) in [6.45, 7) is 11.8. The summed E-state index contributed by atoms with van der Waals surface area (Å²) in [4.78, 5) is 25.8. The minimum absolute atomic E-state index is 0.0713. The van der Waals surface area contributed by atoms with Gasteiger partial charge in [-0.05, 0) is 26.8 Å². The van der Waals surface area contributed by atoms with Crippen molar-refractivity contribution < 1.29 is 4.79 Å². The maximum absolute atomic E-state index is 12.3. The van der Waals surface area contributed by atoms with E-state index < -0.39 is 0 Å². The SMILES string of the molecule is Cc1cc(C)nc(NNC(=O)c2sc(C(C)(C)C)nc2C)n1. The molecular weight excluding hydrogens is 298 g/mol. The van der Waals surface area contributed by atoms with Crippen molar-refractivity contribution >= 4 is 23.2 Å². The van der Waals surface area contributed by atoms with Gasteiger partial charge in [0, 0.05) is 16.8 Å². The van der Waals surface area contributed by atoms with Gasteiger partial charge in [0.25, 0.3) is 5.91 Å². The van der Waals surface area contributed by atoms with Gasteiger partial charge < -0.3 is 0 Å². The Hall–Kier alpha value is -2.02. The number of carbonyl (C=O) groups is 1. The molecule has 2 aromatic heterocycles. The van der Waals surface area contributed by atoms with Gasteiger partial charge in [0.1, 0.15) is 4.88 Å². The molecule has 0 spiro atoms. The van der Waals surface area contributed by atoms with Gasteiger partial charge in [-0.25, -0.2) is 15.0 Å². The topological polar surface area (TPSA) is 79.8 Å². The summed E-state index contributed by atoms with van der Waals surface area (Å²) < 4.78 is 0. The van der Waals surface area contributed by atoms with Crippen molar-refractivity contribution in [3.05, 3.63) is 33.0 Å². The summed E-state index contributed by atoms with van der Waals surface area (Å²) in [5, 5.41) is 0.942. The van der Waals surface area contributed by atoms with Gasteiger partial charge in [0.15, 0.2) is 0 Å². The van der Waals surface area contributed by atoms with Crippen LogP contribution in [-0.2, 0) is 5.41 Å². The van der Waals surface area contributed by atoms with Crippen LogP contribution in [0.5, 0.6) is 0 Å². The number of hydrogen-bond donors (Lipinski definition) is 2. The standard InChI is InChI=1S/C15H21N5OS/c1-8-7-9(2)17-14(16-8)20-19-12(21)11-10(3)18-13(22-11)15(4,5)6/h7H,1-6H3,(H,19,21)(H,16,17,20). The first-order chi connectivity index (χ1) is 10.2. The maximum Gasteiger partial charge on any atom is 0.281 e. The first kappa shape index (κ1) is 16.4. The Morgan fingerprint density at radius 3 is 2.18 bits per heavy atom. The van der Waals surface area contributed by atoms with Crippen LogP contribution in [-0.4, -0.2) is 20.9 Å². The second-order valence-electron chi connectivity index (χ2n) is 6.24. The van der Waals surface area contributed by atoms with Crippen LogP contribution < -0.4 is 10.9 Å². The van der Waals surface area contributed by atoms with E-state index in [1.165, 1.54) is 11.3 Å². The van der Waals surface area contributed by atoms with Crippen molar-refractivity contribution in [3.8, 4) is 0 Å². The van der Waals surface area contributed by atoms with Crippen LogP contribution in [0.2, 0.25) is 0 Å². The fraction of sp³-hybridized carbons (Fsp3) is 0.467. The Morgan fingerprint density at radius 1 is 1.09 bits per heavy atom. The Bertz CT molecular complexity index is 682. The Labute approximate surface area is 134 Å². The zero-order chi connectivity index (χ0) is 16.5. The molecule has 1 amide bonds. The molecule has 0 unspecified atom stereocenters. The second kappa shape index (κ2) is 6.00. The highest BCUT2D eigenvalue weighted by Crippen LogP contribution is 2.29. The number of anilines is 1. The van der Waals surface area contributed by atoms with E-state index in [0.717, 1.165) is 22.1 Å². The van der Waals surface area contributed by atoms with E-state index in [1.54, 1.807) is 0 Å². The summed E-state index contributed by atoms with van der Waals surface area (Å²) in [5.41, 5.74) is 7.73. The van der Waals surface area contributed by atoms with Crippen molar-refractivity contribution in [1.29, 1.82) is 0 Å². The first-order valence-corrected chi connectivity index (χ1v) is 7.85. The van der Waals surface area contributed by atoms with Crippen molar-refractivity contribution in [3.63, 3.8) is 0 Å². The average Bonchev–Trinajstić information content (AvgIpc) is 2.77. The van der Waals surface area contributed by atoms with E-state index >= 15 is 0 Å². The highest BCUT2D eigenvalue weighted by atomic mass is 32.1. The number of carbonyl (C=O) groups excluding carboxylic acids is 1. The van der Waals surface area contributed by atoms with Crippen molar-refractivity contribution in [2.45, 2.75) is 47.0 Å². The van der Waals surface area contributed by atoms with E-state index in [1.807, 2.05) is 26.8 Å². The van der Waals surface area contributed by atoms with Crippen LogP contribution in [0, 0.1) is 20.8 Å². The number of thiazole rings is 1. The molecule has 2 heterocycles. The normalized spacial score (nSPS) is 11.4. The third kappa shape index (κ3) is 3.79. The number of hydrazine groups is 1. The highest BCUT2D eigenvalue weighted by molar-refractivity contribution is 7.14. The van der Waals surface area contributed by atoms with E-state index in [-0.39, 0.29) is 11.3 Å². The van der Waals surface area contributed by atoms with Gasteiger partial charge in [0.2, 0.25) is 5.95 Å². The molecule has 2 aromatic rings. The van der Waals surface area contributed by atoms with Gasteiger partial charge in [-0.3, -0.25) is 15.6 Å². The number of aryl methyl sites for hydroxylation is 3. The second-order valence-corrected chi connectivity index (χ2v) is 7.24. The van der Waals surface area contributed by atoms with Crippen molar-refractivity contribution in [1.82, 2.24) is 20.4 Å². The van der Waals surface area contributed by atoms with Crippen LogP contribution in [0.25, 0.3) is 0 Å². The fourth-order valence-corrected chi connectivity index (χ4v) is 2.90. The number of hydrogen-bond acceptors (Lipinski definition) is 6. The molecule has 0 aliphatic heterocycles. The summed E-state index contributed by atoms with van der Waals surface area (Å²) in [6.07, 6.45) is 0. The van der Waals surface area contributed by atoms with Crippen LogP contribution in [0.3, 0.4) is 0 Å². The van der Waals surface area contributed by atoms with Gasteiger partial charge >= 0.3 is 0 Å². The molecule has 22 heavy (non-hydrogen) atoms. The van der Waals surface area contributed by atoms with Gasteiger partial charge in [-0.1, -0.05) is 20.8 Å². The van der Waals surface area contributed by atoms with Crippen LogP contribution in [0.1, 0.15) is 52.5 Å². The molecule has 0 saturated carbocycles. The minimum Gasteiger partial charge on any atom is -0.266 e.